The third-order valence-corrected chi connectivity index (χ3v) is 4.78. The zero-order chi connectivity index (χ0) is 14.0. The molecule has 1 aliphatic carbocycles. The minimum Gasteiger partial charge on any atom is -0.370 e. The maximum absolute atomic E-state index is 12.1. The van der Waals surface area contributed by atoms with Gasteiger partial charge in [-0.05, 0) is 44.2 Å². The SMILES string of the molecule is Cc1cc[nH]c1C(=O)NCC1CCC2(CCCCC2)O1. The number of carbonyl (C=O) groups is 1. The van der Waals surface area contributed by atoms with E-state index in [1.807, 2.05) is 13.0 Å². The largest absolute Gasteiger partial charge is 0.370 e. The standard InChI is InChI=1S/C16H24N2O2/c1-12-6-10-17-14(12)15(19)18-11-13-5-9-16(20-13)7-3-2-4-8-16/h6,10,13,17H,2-5,7-9,11H2,1H3,(H,18,19). The van der Waals surface area contributed by atoms with Gasteiger partial charge in [-0.2, -0.15) is 0 Å². The van der Waals surface area contributed by atoms with E-state index in [0.29, 0.717) is 12.2 Å². The monoisotopic (exact) mass is 276 g/mol. The van der Waals surface area contributed by atoms with Gasteiger partial charge >= 0.3 is 0 Å². The number of rotatable bonds is 3. The molecule has 2 aliphatic rings. The average molecular weight is 276 g/mol. The van der Waals surface area contributed by atoms with Gasteiger partial charge in [0.15, 0.2) is 0 Å². The van der Waals surface area contributed by atoms with Crippen molar-refractivity contribution in [3.8, 4) is 0 Å². The summed E-state index contributed by atoms with van der Waals surface area (Å²) in [5, 5.41) is 2.99. The summed E-state index contributed by atoms with van der Waals surface area (Å²) in [5.41, 5.74) is 1.78. The number of amides is 1. The number of ether oxygens (including phenoxy) is 1. The minimum absolute atomic E-state index is 0.0271. The number of nitrogens with one attached hydrogen (secondary N) is 2. The Morgan fingerprint density at radius 1 is 1.40 bits per heavy atom. The molecule has 2 heterocycles. The summed E-state index contributed by atoms with van der Waals surface area (Å²) in [6, 6.07) is 1.91. The number of aromatic amines is 1. The van der Waals surface area contributed by atoms with Gasteiger partial charge in [0.2, 0.25) is 0 Å². The van der Waals surface area contributed by atoms with Crippen LogP contribution < -0.4 is 5.32 Å². The van der Waals surface area contributed by atoms with Gasteiger partial charge in [-0.15, -0.1) is 0 Å². The fraction of sp³-hybridized carbons (Fsp3) is 0.688. The maximum atomic E-state index is 12.1. The molecule has 110 valence electrons. The Hall–Kier alpha value is -1.29. The van der Waals surface area contributed by atoms with Crippen molar-refractivity contribution >= 4 is 5.91 Å². The molecule has 20 heavy (non-hydrogen) atoms. The Bertz CT molecular complexity index is 475. The third-order valence-electron chi connectivity index (χ3n) is 4.78. The van der Waals surface area contributed by atoms with Crippen LogP contribution in [0.2, 0.25) is 0 Å². The van der Waals surface area contributed by atoms with Gasteiger partial charge in [0.25, 0.3) is 5.91 Å². The molecule has 1 aromatic rings. The smallest absolute Gasteiger partial charge is 0.268 e. The first-order valence-corrected chi connectivity index (χ1v) is 7.79. The summed E-state index contributed by atoms with van der Waals surface area (Å²) >= 11 is 0. The highest BCUT2D eigenvalue weighted by Crippen LogP contribution is 2.41. The van der Waals surface area contributed by atoms with Gasteiger partial charge in [-0.3, -0.25) is 4.79 Å². The molecule has 4 heteroatoms. The lowest BCUT2D eigenvalue weighted by molar-refractivity contribution is -0.0618. The summed E-state index contributed by atoms with van der Waals surface area (Å²) in [6.45, 7) is 2.56. The lowest BCUT2D eigenvalue weighted by Crippen LogP contribution is -2.36. The van der Waals surface area contributed by atoms with E-state index in [9.17, 15) is 4.79 Å². The zero-order valence-electron chi connectivity index (χ0n) is 12.2. The van der Waals surface area contributed by atoms with Gasteiger partial charge in [0.05, 0.1) is 11.7 Å². The van der Waals surface area contributed by atoms with Crippen molar-refractivity contribution in [1.82, 2.24) is 10.3 Å². The lowest BCUT2D eigenvalue weighted by Gasteiger charge is -2.33. The highest BCUT2D eigenvalue weighted by Gasteiger charge is 2.40. The summed E-state index contributed by atoms with van der Waals surface area (Å²) in [5.74, 6) is -0.0271. The predicted molar refractivity (Wildman–Crippen MR) is 77.8 cm³/mol. The molecule has 0 bridgehead atoms. The van der Waals surface area contributed by atoms with Gasteiger partial charge in [-0.1, -0.05) is 19.3 Å². The molecule has 2 fully saturated rings. The van der Waals surface area contributed by atoms with E-state index in [4.69, 9.17) is 4.74 Å². The molecule has 3 rings (SSSR count). The van der Waals surface area contributed by atoms with Crippen LogP contribution in [-0.2, 0) is 4.74 Å². The fourth-order valence-corrected chi connectivity index (χ4v) is 3.59. The first kappa shape index (κ1) is 13.7. The van der Waals surface area contributed by atoms with Crippen molar-refractivity contribution in [3.63, 3.8) is 0 Å². The molecule has 0 aromatic carbocycles. The van der Waals surface area contributed by atoms with Crippen LogP contribution in [0.25, 0.3) is 0 Å². The third kappa shape index (κ3) is 2.75. The fourth-order valence-electron chi connectivity index (χ4n) is 3.59. The van der Waals surface area contributed by atoms with Crippen LogP contribution in [0.4, 0.5) is 0 Å². The maximum Gasteiger partial charge on any atom is 0.268 e. The summed E-state index contributed by atoms with van der Waals surface area (Å²) < 4.78 is 6.26. The molecular weight excluding hydrogens is 252 g/mol. The Labute approximate surface area is 120 Å². The van der Waals surface area contributed by atoms with Crippen molar-refractivity contribution in [2.75, 3.05) is 6.54 Å². The molecule has 1 saturated heterocycles. The van der Waals surface area contributed by atoms with Crippen molar-refractivity contribution in [3.05, 3.63) is 23.5 Å². The van der Waals surface area contributed by atoms with Crippen molar-refractivity contribution in [2.45, 2.75) is 63.6 Å². The van der Waals surface area contributed by atoms with Crippen molar-refractivity contribution in [2.24, 2.45) is 0 Å². The van der Waals surface area contributed by atoms with Crippen LogP contribution >= 0.6 is 0 Å². The summed E-state index contributed by atoms with van der Waals surface area (Å²) in [7, 11) is 0. The van der Waals surface area contributed by atoms with Crippen LogP contribution in [0.15, 0.2) is 12.3 Å². The quantitative estimate of drug-likeness (QED) is 0.892. The Morgan fingerprint density at radius 2 is 2.20 bits per heavy atom. The lowest BCUT2D eigenvalue weighted by atomic mass is 9.83. The highest BCUT2D eigenvalue weighted by molar-refractivity contribution is 5.93. The normalized spacial score (nSPS) is 24.9. The number of hydrogen-bond donors (Lipinski definition) is 2. The molecule has 0 radical (unpaired) electrons. The van der Waals surface area contributed by atoms with Crippen molar-refractivity contribution in [1.29, 1.82) is 0 Å². The Morgan fingerprint density at radius 3 is 2.90 bits per heavy atom. The molecule has 1 aliphatic heterocycles. The highest BCUT2D eigenvalue weighted by atomic mass is 16.5. The second kappa shape index (κ2) is 5.60. The summed E-state index contributed by atoms with van der Waals surface area (Å²) in [6.07, 6.45) is 10.6. The van der Waals surface area contributed by atoms with E-state index >= 15 is 0 Å². The first-order chi connectivity index (χ1) is 9.69. The van der Waals surface area contributed by atoms with Crippen LogP contribution in [0.1, 0.15) is 61.0 Å². The van der Waals surface area contributed by atoms with E-state index in [-0.39, 0.29) is 17.6 Å². The van der Waals surface area contributed by atoms with E-state index in [2.05, 4.69) is 10.3 Å². The first-order valence-electron chi connectivity index (χ1n) is 7.79. The second-order valence-corrected chi connectivity index (χ2v) is 6.27. The number of carbonyl (C=O) groups excluding carboxylic acids is 1. The Balaban J connectivity index is 1.50. The van der Waals surface area contributed by atoms with Gasteiger partial charge in [0, 0.05) is 12.7 Å². The molecule has 1 unspecified atom stereocenters. The van der Waals surface area contributed by atoms with Gasteiger partial charge in [0.1, 0.15) is 5.69 Å². The molecule has 1 amide bonds. The van der Waals surface area contributed by atoms with Crippen LogP contribution in [0.3, 0.4) is 0 Å². The number of aromatic nitrogens is 1. The number of aryl methyl sites for hydroxylation is 1. The molecule has 1 atom stereocenters. The van der Waals surface area contributed by atoms with Gasteiger partial charge < -0.3 is 15.0 Å². The average Bonchev–Trinajstić information content (AvgIpc) is 3.04. The van der Waals surface area contributed by atoms with E-state index in [0.717, 1.165) is 18.4 Å². The number of hydrogen-bond acceptors (Lipinski definition) is 2. The molecule has 1 aromatic heterocycles. The van der Waals surface area contributed by atoms with E-state index in [1.165, 1.54) is 32.1 Å². The van der Waals surface area contributed by atoms with Crippen LogP contribution in [0, 0.1) is 6.92 Å². The van der Waals surface area contributed by atoms with Crippen LogP contribution in [0.5, 0.6) is 0 Å². The molecule has 1 saturated carbocycles. The minimum atomic E-state index is -0.0271. The van der Waals surface area contributed by atoms with Gasteiger partial charge in [-0.25, -0.2) is 0 Å². The van der Waals surface area contributed by atoms with E-state index < -0.39 is 0 Å². The predicted octanol–water partition coefficient (Wildman–Crippen LogP) is 2.93. The Kier molecular flexibility index (Phi) is 3.83. The van der Waals surface area contributed by atoms with Crippen molar-refractivity contribution < 1.29 is 9.53 Å². The molecule has 1 spiro atoms. The molecule has 2 N–H and O–H groups in total. The second-order valence-electron chi connectivity index (χ2n) is 6.27. The molecular formula is C16H24N2O2. The van der Waals surface area contributed by atoms with E-state index in [1.54, 1.807) is 6.20 Å². The van der Waals surface area contributed by atoms with Crippen LogP contribution in [-0.4, -0.2) is 29.1 Å². The summed E-state index contributed by atoms with van der Waals surface area (Å²) in [4.78, 5) is 15.0. The number of H-pyrrole nitrogens is 1. The zero-order valence-corrected chi connectivity index (χ0v) is 12.2. The molecule has 4 nitrogen and oxygen atoms in total. The topological polar surface area (TPSA) is 54.1 Å².